The number of nitrogens with one attached hydrogen (secondary N) is 1. The minimum absolute atomic E-state index is 0.155. The number of nitrogens with zero attached hydrogens (tertiary/aromatic N) is 3. The molecular weight excluding hydrogens is 368 g/mol. The van der Waals surface area contributed by atoms with Crippen LogP contribution >= 0.6 is 0 Å². The monoisotopic (exact) mass is 386 g/mol. The number of benzene rings is 2. The van der Waals surface area contributed by atoms with Gasteiger partial charge in [-0.15, -0.1) is 0 Å². The molecule has 0 aliphatic heterocycles. The van der Waals surface area contributed by atoms with Crippen molar-refractivity contribution >= 4 is 16.7 Å². The Morgan fingerprint density at radius 1 is 1.00 bits per heavy atom. The van der Waals surface area contributed by atoms with E-state index in [1.165, 1.54) is 11.8 Å². The fourth-order valence-corrected chi connectivity index (χ4v) is 3.08. The topological polar surface area (TPSA) is 86.1 Å². The van der Waals surface area contributed by atoms with Crippen LogP contribution in [0.2, 0.25) is 0 Å². The van der Waals surface area contributed by atoms with Crippen LogP contribution in [0.3, 0.4) is 0 Å². The molecule has 7 nitrogen and oxygen atoms in total. The third-order valence-electron chi connectivity index (χ3n) is 4.49. The Labute approximate surface area is 166 Å². The van der Waals surface area contributed by atoms with Gasteiger partial charge in [-0.1, -0.05) is 36.4 Å². The fourth-order valence-electron chi connectivity index (χ4n) is 3.08. The van der Waals surface area contributed by atoms with Crippen LogP contribution in [-0.2, 0) is 6.54 Å². The van der Waals surface area contributed by atoms with E-state index < -0.39 is 5.91 Å². The molecule has 144 valence electrons. The SMILES string of the molecule is COc1ccccc1-n1nc(C(=O)NCc2ccccn2)c2ccccc2c1=O. The smallest absolute Gasteiger partial charge is 0.279 e. The maximum atomic E-state index is 13.1. The second-order valence-corrected chi connectivity index (χ2v) is 6.29. The Balaban J connectivity index is 1.82. The molecule has 0 unspecified atom stereocenters. The highest BCUT2D eigenvalue weighted by molar-refractivity contribution is 6.04. The summed E-state index contributed by atoms with van der Waals surface area (Å²) in [7, 11) is 1.52. The standard InChI is InChI=1S/C22H18N4O3/c1-29-19-12-5-4-11-18(19)26-22(28)17-10-3-2-9-16(17)20(25-26)21(27)24-14-15-8-6-7-13-23-15/h2-13H,14H2,1H3,(H,24,27). The quantitative estimate of drug-likeness (QED) is 0.570. The van der Waals surface area contributed by atoms with Gasteiger partial charge in [0.05, 0.1) is 24.7 Å². The molecule has 4 rings (SSSR count). The molecule has 0 aliphatic rings. The fraction of sp³-hybridized carbons (Fsp3) is 0.0909. The van der Waals surface area contributed by atoms with E-state index in [0.29, 0.717) is 22.2 Å². The van der Waals surface area contributed by atoms with Crippen molar-refractivity contribution in [2.45, 2.75) is 6.54 Å². The van der Waals surface area contributed by atoms with Crippen molar-refractivity contribution in [3.63, 3.8) is 0 Å². The van der Waals surface area contributed by atoms with Gasteiger partial charge in [-0.2, -0.15) is 9.78 Å². The molecule has 0 bridgehead atoms. The number of rotatable bonds is 5. The molecule has 29 heavy (non-hydrogen) atoms. The van der Waals surface area contributed by atoms with Gasteiger partial charge in [-0.05, 0) is 30.3 Å². The van der Waals surface area contributed by atoms with Crippen molar-refractivity contribution in [1.29, 1.82) is 0 Å². The van der Waals surface area contributed by atoms with Gasteiger partial charge in [0.1, 0.15) is 11.4 Å². The summed E-state index contributed by atoms with van der Waals surface area (Å²) >= 11 is 0. The second-order valence-electron chi connectivity index (χ2n) is 6.29. The van der Waals surface area contributed by atoms with E-state index in [0.717, 1.165) is 5.69 Å². The first-order valence-electron chi connectivity index (χ1n) is 9.02. The van der Waals surface area contributed by atoms with E-state index >= 15 is 0 Å². The molecule has 2 heterocycles. The molecule has 1 amide bonds. The van der Waals surface area contributed by atoms with Crippen LogP contribution < -0.4 is 15.6 Å². The number of methoxy groups -OCH3 is 1. The maximum absolute atomic E-state index is 13.1. The second kappa shape index (κ2) is 7.93. The summed E-state index contributed by atoms with van der Waals surface area (Å²) in [6, 6.07) is 19.4. The van der Waals surface area contributed by atoms with Crippen molar-refractivity contribution in [3.8, 4) is 11.4 Å². The number of carbonyl (C=O) groups excluding carboxylic acids is 1. The zero-order valence-corrected chi connectivity index (χ0v) is 15.7. The molecule has 0 fully saturated rings. The summed E-state index contributed by atoms with van der Waals surface area (Å²) in [4.78, 5) is 30.2. The lowest BCUT2D eigenvalue weighted by Crippen LogP contribution is -2.30. The van der Waals surface area contributed by atoms with Gasteiger partial charge in [0, 0.05) is 11.6 Å². The number of hydrogen-bond donors (Lipinski definition) is 1. The van der Waals surface area contributed by atoms with Crippen molar-refractivity contribution < 1.29 is 9.53 Å². The van der Waals surface area contributed by atoms with Crippen LogP contribution in [0.5, 0.6) is 5.75 Å². The lowest BCUT2D eigenvalue weighted by Gasteiger charge is -2.13. The van der Waals surface area contributed by atoms with E-state index in [9.17, 15) is 9.59 Å². The molecule has 0 spiro atoms. The van der Waals surface area contributed by atoms with Gasteiger partial charge in [-0.3, -0.25) is 14.6 Å². The van der Waals surface area contributed by atoms with Gasteiger partial charge in [-0.25, -0.2) is 0 Å². The lowest BCUT2D eigenvalue weighted by atomic mass is 10.1. The molecule has 2 aromatic carbocycles. The highest BCUT2D eigenvalue weighted by atomic mass is 16.5. The molecule has 0 atom stereocenters. The Hall–Kier alpha value is -4.00. The highest BCUT2D eigenvalue weighted by Gasteiger charge is 2.18. The van der Waals surface area contributed by atoms with E-state index in [-0.39, 0.29) is 17.8 Å². The average Bonchev–Trinajstić information content (AvgIpc) is 2.78. The zero-order valence-electron chi connectivity index (χ0n) is 15.7. The van der Waals surface area contributed by atoms with Crippen LogP contribution in [0.1, 0.15) is 16.2 Å². The molecule has 2 aromatic heterocycles. The third kappa shape index (κ3) is 3.58. The molecule has 1 N–H and O–H groups in total. The summed E-state index contributed by atoms with van der Waals surface area (Å²) in [5.41, 5.74) is 1.01. The highest BCUT2D eigenvalue weighted by Crippen LogP contribution is 2.22. The number of carbonyl (C=O) groups is 1. The average molecular weight is 386 g/mol. The number of amides is 1. The van der Waals surface area contributed by atoms with Crippen LogP contribution in [0.25, 0.3) is 16.5 Å². The summed E-state index contributed by atoms with van der Waals surface area (Å²) in [5, 5.41) is 8.09. The maximum Gasteiger partial charge on any atom is 0.279 e. The lowest BCUT2D eigenvalue weighted by molar-refractivity contribution is 0.0945. The van der Waals surface area contributed by atoms with E-state index in [1.807, 2.05) is 18.2 Å². The van der Waals surface area contributed by atoms with E-state index in [4.69, 9.17) is 4.74 Å². The van der Waals surface area contributed by atoms with Crippen molar-refractivity contribution in [2.75, 3.05) is 7.11 Å². The number of para-hydroxylation sites is 2. The number of hydrogen-bond acceptors (Lipinski definition) is 5. The first kappa shape index (κ1) is 18.4. The van der Waals surface area contributed by atoms with Gasteiger partial charge >= 0.3 is 0 Å². The Kier molecular flexibility index (Phi) is 5.03. The van der Waals surface area contributed by atoms with Crippen LogP contribution in [0.4, 0.5) is 0 Å². The minimum atomic E-state index is -0.393. The molecule has 0 saturated carbocycles. The van der Waals surface area contributed by atoms with Crippen LogP contribution in [-0.4, -0.2) is 27.8 Å². The summed E-state index contributed by atoms with van der Waals surface area (Å²) < 4.78 is 6.57. The van der Waals surface area contributed by atoms with Gasteiger partial charge in [0.15, 0.2) is 5.69 Å². The largest absolute Gasteiger partial charge is 0.494 e. The minimum Gasteiger partial charge on any atom is -0.494 e. The number of pyridine rings is 1. The Morgan fingerprint density at radius 2 is 1.72 bits per heavy atom. The number of ether oxygens (including phenoxy) is 1. The predicted molar refractivity (Wildman–Crippen MR) is 109 cm³/mol. The van der Waals surface area contributed by atoms with Gasteiger partial charge < -0.3 is 10.1 Å². The van der Waals surface area contributed by atoms with Gasteiger partial charge in [0.2, 0.25) is 0 Å². The van der Waals surface area contributed by atoms with Crippen molar-refractivity contribution in [2.24, 2.45) is 0 Å². The van der Waals surface area contributed by atoms with E-state index in [2.05, 4.69) is 15.4 Å². The third-order valence-corrected chi connectivity index (χ3v) is 4.49. The molecule has 4 aromatic rings. The molecular formula is C22H18N4O3. The van der Waals surface area contributed by atoms with Crippen LogP contribution in [0, 0.1) is 0 Å². The Bertz CT molecular complexity index is 1240. The van der Waals surface area contributed by atoms with Gasteiger partial charge in [0.25, 0.3) is 11.5 Å². The summed E-state index contributed by atoms with van der Waals surface area (Å²) in [6.07, 6.45) is 1.66. The predicted octanol–water partition coefficient (Wildman–Crippen LogP) is 2.72. The normalized spacial score (nSPS) is 10.7. The van der Waals surface area contributed by atoms with Crippen molar-refractivity contribution in [3.05, 3.63) is 94.7 Å². The first-order valence-corrected chi connectivity index (χ1v) is 9.02. The molecule has 0 saturated heterocycles. The zero-order chi connectivity index (χ0) is 20.2. The number of fused-ring (bicyclic) bond motifs is 1. The summed E-state index contributed by atoms with van der Waals surface area (Å²) in [5.74, 6) is 0.0905. The Morgan fingerprint density at radius 3 is 2.48 bits per heavy atom. The molecule has 0 aliphatic carbocycles. The van der Waals surface area contributed by atoms with E-state index in [1.54, 1.807) is 54.7 Å². The molecule has 7 heteroatoms. The number of aromatic nitrogens is 3. The van der Waals surface area contributed by atoms with Crippen LogP contribution in [0.15, 0.2) is 77.7 Å². The summed E-state index contributed by atoms with van der Waals surface area (Å²) in [6.45, 7) is 0.253. The molecule has 0 radical (unpaired) electrons. The first-order chi connectivity index (χ1) is 14.2. The van der Waals surface area contributed by atoms with Crippen molar-refractivity contribution in [1.82, 2.24) is 20.1 Å².